The molecular weight excluding hydrogens is 262 g/mol. The molecule has 0 amide bonds. The zero-order valence-electron chi connectivity index (χ0n) is 12.7. The first kappa shape index (κ1) is 15.2. The number of benzene rings is 1. The summed E-state index contributed by atoms with van der Waals surface area (Å²) in [4.78, 5) is 6.43. The van der Waals surface area contributed by atoms with E-state index in [4.69, 9.17) is 0 Å². The molecule has 0 aliphatic rings. The summed E-state index contributed by atoms with van der Waals surface area (Å²) >= 11 is 0. The zero-order valence-corrected chi connectivity index (χ0v) is 12.7. The van der Waals surface area contributed by atoms with Gasteiger partial charge in [0.05, 0.1) is 12.6 Å². The second-order valence-electron chi connectivity index (χ2n) is 5.26. The Morgan fingerprint density at radius 1 is 1.38 bits per heavy atom. The number of nitrogens with zero attached hydrogens (tertiary/aromatic N) is 4. The monoisotopic (exact) mass is 283 g/mol. The van der Waals surface area contributed by atoms with Gasteiger partial charge in [0.15, 0.2) is 0 Å². The molecule has 1 N–H and O–H groups in total. The van der Waals surface area contributed by atoms with Crippen LogP contribution in [0.5, 0.6) is 0 Å². The van der Waals surface area contributed by atoms with E-state index in [9.17, 15) is 5.26 Å². The third-order valence-electron chi connectivity index (χ3n) is 3.72. The van der Waals surface area contributed by atoms with Gasteiger partial charge in [-0.2, -0.15) is 5.26 Å². The number of rotatable bonds is 6. The second-order valence-corrected chi connectivity index (χ2v) is 5.26. The van der Waals surface area contributed by atoms with Gasteiger partial charge in [0, 0.05) is 26.0 Å². The molecule has 0 spiro atoms. The highest BCUT2D eigenvalue weighted by Gasteiger charge is 2.32. The van der Waals surface area contributed by atoms with E-state index < -0.39 is 5.54 Å². The minimum Gasteiger partial charge on any atom is -0.337 e. The maximum Gasteiger partial charge on any atom is 0.144 e. The van der Waals surface area contributed by atoms with Crippen LogP contribution in [-0.4, -0.2) is 35.1 Å². The Hall–Kier alpha value is -2.16. The van der Waals surface area contributed by atoms with Gasteiger partial charge >= 0.3 is 0 Å². The van der Waals surface area contributed by atoms with Gasteiger partial charge in [0.2, 0.25) is 0 Å². The summed E-state index contributed by atoms with van der Waals surface area (Å²) in [6.45, 7) is 1.28. The van der Waals surface area contributed by atoms with Gasteiger partial charge in [-0.25, -0.2) is 4.98 Å². The van der Waals surface area contributed by atoms with E-state index in [0.29, 0.717) is 13.1 Å². The largest absolute Gasteiger partial charge is 0.337 e. The molecule has 21 heavy (non-hydrogen) atoms. The van der Waals surface area contributed by atoms with Crippen molar-refractivity contribution in [3.05, 3.63) is 54.1 Å². The summed E-state index contributed by atoms with van der Waals surface area (Å²) in [5, 5.41) is 12.9. The van der Waals surface area contributed by atoms with Crippen molar-refractivity contribution in [2.24, 2.45) is 7.05 Å². The summed E-state index contributed by atoms with van der Waals surface area (Å²) in [5.74, 6) is 0.980. The molecule has 0 bridgehead atoms. The number of hydrogen-bond donors (Lipinski definition) is 1. The molecule has 0 saturated carbocycles. The Kier molecular flexibility index (Phi) is 4.73. The summed E-state index contributed by atoms with van der Waals surface area (Å²) < 4.78 is 1.99. The predicted molar refractivity (Wildman–Crippen MR) is 82.3 cm³/mol. The minimum atomic E-state index is -0.721. The van der Waals surface area contributed by atoms with Crippen LogP contribution in [0.3, 0.4) is 0 Å². The normalized spacial score (nSPS) is 13.9. The van der Waals surface area contributed by atoms with Crippen molar-refractivity contribution in [2.45, 2.75) is 12.1 Å². The van der Waals surface area contributed by atoms with E-state index >= 15 is 0 Å². The molecule has 0 aliphatic carbocycles. The Morgan fingerprint density at radius 2 is 2.10 bits per heavy atom. The Labute approximate surface area is 125 Å². The van der Waals surface area contributed by atoms with Crippen LogP contribution in [-0.2, 0) is 19.1 Å². The van der Waals surface area contributed by atoms with Crippen molar-refractivity contribution in [1.29, 1.82) is 5.26 Å². The van der Waals surface area contributed by atoms with Crippen molar-refractivity contribution in [3.8, 4) is 6.07 Å². The number of aryl methyl sites for hydroxylation is 1. The van der Waals surface area contributed by atoms with Gasteiger partial charge in [0.1, 0.15) is 11.4 Å². The molecule has 2 rings (SSSR count). The van der Waals surface area contributed by atoms with Crippen LogP contribution in [0.2, 0.25) is 0 Å². The predicted octanol–water partition coefficient (Wildman–Crippen LogP) is 1.49. The van der Waals surface area contributed by atoms with Gasteiger partial charge < -0.3 is 4.57 Å². The topological polar surface area (TPSA) is 56.9 Å². The maximum absolute atomic E-state index is 9.70. The molecule has 0 saturated heterocycles. The molecule has 1 heterocycles. The molecule has 5 nitrogen and oxygen atoms in total. The van der Waals surface area contributed by atoms with Crippen molar-refractivity contribution in [3.63, 3.8) is 0 Å². The van der Waals surface area contributed by atoms with Gasteiger partial charge in [-0.15, -0.1) is 0 Å². The van der Waals surface area contributed by atoms with E-state index in [2.05, 4.69) is 21.3 Å². The molecular formula is C16H21N5. The lowest BCUT2D eigenvalue weighted by atomic mass is 9.91. The SMILES string of the molecule is CNC(C#N)(CN(C)Cc1nccn1C)c1ccccc1. The number of likely N-dealkylation sites (N-methyl/N-ethyl adjacent to an activating group) is 2. The summed E-state index contributed by atoms with van der Waals surface area (Å²) in [6, 6.07) is 12.3. The molecule has 0 aliphatic heterocycles. The lowest BCUT2D eigenvalue weighted by molar-refractivity contribution is 0.244. The zero-order chi connectivity index (χ0) is 15.3. The third-order valence-corrected chi connectivity index (χ3v) is 3.72. The highest BCUT2D eigenvalue weighted by atomic mass is 15.2. The standard InChI is InChI=1S/C16H21N5/c1-18-16(12-17,14-7-5-4-6-8-14)13-20(2)11-15-19-9-10-21(15)3/h4-10,18H,11,13H2,1-3H3. The molecule has 1 aromatic carbocycles. The first-order chi connectivity index (χ1) is 10.1. The molecule has 1 atom stereocenters. The summed E-state index contributed by atoms with van der Waals surface area (Å²) in [6.07, 6.45) is 3.71. The molecule has 1 aromatic heterocycles. The minimum absolute atomic E-state index is 0.580. The lowest BCUT2D eigenvalue weighted by Gasteiger charge is -2.31. The van der Waals surface area contributed by atoms with Crippen LogP contribution in [0.1, 0.15) is 11.4 Å². The average Bonchev–Trinajstić information content (AvgIpc) is 2.91. The summed E-state index contributed by atoms with van der Waals surface area (Å²) in [7, 11) is 5.80. The molecule has 1 unspecified atom stereocenters. The fraction of sp³-hybridized carbons (Fsp3) is 0.375. The van der Waals surface area contributed by atoms with E-state index in [1.807, 2.05) is 62.2 Å². The van der Waals surface area contributed by atoms with E-state index in [0.717, 1.165) is 11.4 Å². The van der Waals surface area contributed by atoms with Crippen molar-refractivity contribution < 1.29 is 0 Å². The second kappa shape index (κ2) is 6.53. The molecule has 2 aromatic rings. The molecule has 5 heteroatoms. The van der Waals surface area contributed by atoms with Crippen molar-refractivity contribution >= 4 is 0 Å². The van der Waals surface area contributed by atoms with Crippen LogP contribution >= 0.6 is 0 Å². The van der Waals surface area contributed by atoms with E-state index in [1.165, 1.54) is 0 Å². The van der Waals surface area contributed by atoms with E-state index in [1.54, 1.807) is 6.20 Å². The smallest absolute Gasteiger partial charge is 0.144 e. The maximum atomic E-state index is 9.70. The van der Waals surface area contributed by atoms with Crippen LogP contribution in [0, 0.1) is 11.3 Å². The van der Waals surface area contributed by atoms with Crippen LogP contribution < -0.4 is 5.32 Å². The fourth-order valence-electron chi connectivity index (χ4n) is 2.44. The number of nitriles is 1. The van der Waals surface area contributed by atoms with Gasteiger partial charge in [-0.3, -0.25) is 10.2 Å². The number of hydrogen-bond acceptors (Lipinski definition) is 4. The lowest BCUT2D eigenvalue weighted by Crippen LogP contribution is -2.47. The van der Waals surface area contributed by atoms with Crippen LogP contribution in [0.25, 0.3) is 0 Å². The Balaban J connectivity index is 2.17. The quantitative estimate of drug-likeness (QED) is 0.872. The highest BCUT2D eigenvalue weighted by molar-refractivity contribution is 5.31. The highest BCUT2D eigenvalue weighted by Crippen LogP contribution is 2.21. The van der Waals surface area contributed by atoms with Crippen molar-refractivity contribution in [2.75, 3.05) is 20.6 Å². The van der Waals surface area contributed by atoms with Crippen molar-refractivity contribution in [1.82, 2.24) is 19.8 Å². The summed E-state index contributed by atoms with van der Waals surface area (Å²) in [5.41, 5.74) is 0.253. The van der Waals surface area contributed by atoms with Gasteiger partial charge in [-0.1, -0.05) is 30.3 Å². The molecule has 0 radical (unpaired) electrons. The first-order valence-corrected chi connectivity index (χ1v) is 6.92. The van der Waals surface area contributed by atoms with Gasteiger partial charge in [-0.05, 0) is 19.7 Å². The Morgan fingerprint density at radius 3 is 2.62 bits per heavy atom. The van der Waals surface area contributed by atoms with Crippen LogP contribution in [0.4, 0.5) is 0 Å². The number of aromatic nitrogens is 2. The molecule has 110 valence electrons. The van der Waals surface area contributed by atoms with E-state index in [-0.39, 0.29) is 0 Å². The number of nitrogens with one attached hydrogen (secondary N) is 1. The number of imidazole rings is 1. The van der Waals surface area contributed by atoms with Crippen LogP contribution in [0.15, 0.2) is 42.7 Å². The third kappa shape index (κ3) is 3.30. The van der Waals surface area contributed by atoms with Gasteiger partial charge in [0.25, 0.3) is 0 Å². The fourth-order valence-corrected chi connectivity index (χ4v) is 2.44. The molecule has 0 fully saturated rings. The average molecular weight is 283 g/mol. The first-order valence-electron chi connectivity index (χ1n) is 6.92. The Bertz CT molecular complexity index is 613.